The van der Waals surface area contributed by atoms with Crippen LogP contribution in [0.15, 0.2) is 0 Å². The molecule has 0 aliphatic carbocycles. The highest BCUT2D eigenvalue weighted by atomic mass is 35.5. The maximum Gasteiger partial charge on any atom is 0.0468 e. The molecule has 1 fully saturated rings. The molecule has 3 heteroatoms. The average Bonchev–Trinajstić information content (AvgIpc) is 2.29. The number of halogens is 1. The molecule has 1 saturated heterocycles. The minimum Gasteiger partial charge on any atom is -0.381 e. The Morgan fingerprint density at radius 1 is 1.25 bits per heavy atom. The molecule has 1 rings (SSSR count). The summed E-state index contributed by atoms with van der Waals surface area (Å²) in [7, 11) is 0. The van der Waals surface area contributed by atoms with E-state index < -0.39 is 0 Å². The Bertz CT molecular complexity index is 158. The topological polar surface area (TPSA) is 21.3 Å². The molecule has 0 aromatic rings. The highest BCUT2D eigenvalue weighted by Crippen LogP contribution is 2.20. The van der Waals surface area contributed by atoms with Crippen LogP contribution in [0, 0.1) is 5.92 Å². The third-order valence-electron chi connectivity index (χ3n) is 3.28. The van der Waals surface area contributed by atoms with Gasteiger partial charge in [0.2, 0.25) is 0 Å². The van der Waals surface area contributed by atoms with Crippen molar-refractivity contribution in [3.8, 4) is 0 Å². The summed E-state index contributed by atoms with van der Waals surface area (Å²) in [6, 6.07) is 0. The smallest absolute Gasteiger partial charge is 0.0468 e. The number of alkyl halides is 1. The Morgan fingerprint density at radius 2 is 2.00 bits per heavy atom. The van der Waals surface area contributed by atoms with Crippen molar-refractivity contribution >= 4 is 11.6 Å². The highest BCUT2D eigenvalue weighted by molar-refractivity contribution is 6.20. The minimum atomic E-state index is 0.301. The van der Waals surface area contributed by atoms with Gasteiger partial charge in [-0.15, -0.1) is 11.6 Å². The molecule has 16 heavy (non-hydrogen) atoms. The van der Waals surface area contributed by atoms with E-state index in [4.69, 9.17) is 16.3 Å². The third-order valence-corrected chi connectivity index (χ3v) is 3.49. The summed E-state index contributed by atoms with van der Waals surface area (Å²) in [5.74, 6) is 0.927. The van der Waals surface area contributed by atoms with Gasteiger partial charge in [-0.1, -0.05) is 12.8 Å². The maximum absolute atomic E-state index is 5.87. The van der Waals surface area contributed by atoms with Crippen LogP contribution in [0.5, 0.6) is 0 Å². The Morgan fingerprint density at radius 3 is 2.69 bits per heavy atom. The number of hydrogen-bond acceptors (Lipinski definition) is 2. The number of ether oxygens (including phenoxy) is 1. The van der Waals surface area contributed by atoms with Gasteiger partial charge in [0.1, 0.15) is 0 Å². The van der Waals surface area contributed by atoms with Crippen LogP contribution in [-0.4, -0.2) is 31.7 Å². The van der Waals surface area contributed by atoms with Crippen molar-refractivity contribution in [3.05, 3.63) is 0 Å². The Hall–Kier alpha value is 0.210. The molecule has 1 aliphatic rings. The molecule has 2 nitrogen and oxygen atoms in total. The second kappa shape index (κ2) is 9.26. The van der Waals surface area contributed by atoms with E-state index in [1.54, 1.807) is 0 Å². The second-order valence-corrected chi connectivity index (χ2v) is 5.62. The van der Waals surface area contributed by atoms with E-state index in [2.05, 4.69) is 5.32 Å². The van der Waals surface area contributed by atoms with Crippen molar-refractivity contribution in [2.45, 2.75) is 50.8 Å². The van der Waals surface area contributed by atoms with Crippen molar-refractivity contribution in [1.82, 2.24) is 5.32 Å². The van der Waals surface area contributed by atoms with Crippen LogP contribution in [0.3, 0.4) is 0 Å². The molecule has 0 amide bonds. The van der Waals surface area contributed by atoms with Gasteiger partial charge in [0.05, 0.1) is 0 Å². The quantitative estimate of drug-likeness (QED) is 0.526. The summed E-state index contributed by atoms with van der Waals surface area (Å²) in [6.07, 6.45) is 7.66. The van der Waals surface area contributed by atoms with E-state index in [1.165, 1.54) is 32.1 Å². The minimum absolute atomic E-state index is 0.301. The van der Waals surface area contributed by atoms with Gasteiger partial charge in [0.25, 0.3) is 0 Å². The molecule has 1 N–H and O–H groups in total. The van der Waals surface area contributed by atoms with Gasteiger partial charge >= 0.3 is 0 Å². The molecule has 0 saturated carbocycles. The van der Waals surface area contributed by atoms with Crippen molar-refractivity contribution in [1.29, 1.82) is 0 Å². The summed E-state index contributed by atoms with van der Waals surface area (Å²) in [4.78, 5) is 0. The fourth-order valence-corrected chi connectivity index (χ4v) is 2.25. The normalized spacial score (nSPS) is 19.9. The van der Waals surface area contributed by atoms with Crippen molar-refractivity contribution < 1.29 is 4.74 Å². The molecule has 1 aliphatic heterocycles. The van der Waals surface area contributed by atoms with Crippen LogP contribution in [0.4, 0.5) is 0 Å². The summed E-state index contributed by atoms with van der Waals surface area (Å²) in [6.45, 7) is 6.22. The monoisotopic (exact) mass is 247 g/mol. The number of hydrogen-bond donors (Lipinski definition) is 1. The van der Waals surface area contributed by atoms with Crippen LogP contribution in [0.1, 0.15) is 45.4 Å². The van der Waals surface area contributed by atoms with E-state index >= 15 is 0 Å². The number of rotatable bonds is 8. The van der Waals surface area contributed by atoms with Gasteiger partial charge in [0, 0.05) is 18.6 Å². The molecule has 0 bridgehead atoms. The fourth-order valence-electron chi connectivity index (χ4n) is 2.14. The van der Waals surface area contributed by atoms with Gasteiger partial charge < -0.3 is 10.1 Å². The third kappa shape index (κ3) is 7.48. The van der Waals surface area contributed by atoms with Gasteiger partial charge in [0.15, 0.2) is 0 Å². The zero-order chi connectivity index (χ0) is 11.6. The van der Waals surface area contributed by atoms with E-state index in [0.29, 0.717) is 5.38 Å². The average molecular weight is 248 g/mol. The highest BCUT2D eigenvalue weighted by Gasteiger charge is 2.12. The largest absolute Gasteiger partial charge is 0.381 e. The maximum atomic E-state index is 5.87. The first-order valence-corrected chi connectivity index (χ1v) is 7.15. The Kier molecular flexibility index (Phi) is 8.26. The van der Waals surface area contributed by atoms with E-state index in [1.807, 2.05) is 6.92 Å². The molecule has 0 aromatic heterocycles. The van der Waals surface area contributed by atoms with Gasteiger partial charge in [-0.3, -0.25) is 0 Å². The first-order chi connectivity index (χ1) is 7.79. The summed E-state index contributed by atoms with van der Waals surface area (Å²) < 4.78 is 5.36. The molecule has 0 spiro atoms. The van der Waals surface area contributed by atoms with Crippen molar-refractivity contribution in [2.24, 2.45) is 5.92 Å². The summed E-state index contributed by atoms with van der Waals surface area (Å²) in [5, 5.41) is 3.75. The zero-order valence-corrected chi connectivity index (χ0v) is 11.3. The number of unbranched alkanes of at least 4 members (excludes halogenated alkanes) is 1. The van der Waals surface area contributed by atoms with Crippen molar-refractivity contribution in [2.75, 3.05) is 26.3 Å². The zero-order valence-electron chi connectivity index (χ0n) is 10.5. The van der Waals surface area contributed by atoms with Gasteiger partial charge in [-0.05, 0) is 51.6 Å². The summed E-state index contributed by atoms with van der Waals surface area (Å²) in [5.41, 5.74) is 0. The van der Waals surface area contributed by atoms with Crippen LogP contribution in [0.2, 0.25) is 0 Å². The molecule has 0 aromatic carbocycles. The predicted octanol–water partition coefficient (Wildman–Crippen LogP) is 3.19. The standard InChI is InChI=1S/C13H26ClNO/c1-12(14)5-9-15-8-3-2-4-13-6-10-16-11-7-13/h12-13,15H,2-11H2,1H3. The molecule has 1 heterocycles. The lowest BCUT2D eigenvalue weighted by Crippen LogP contribution is -2.19. The second-order valence-electron chi connectivity index (χ2n) is 4.87. The molecular formula is C13H26ClNO. The van der Waals surface area contributed by atoms with Crippen molar-refractivity contribution in [3.63, 3.8) is 0 Å². The fraction of sp³-hybridized carbons (Fsp3) is 1.00. The number of nitrogens with one attached hydrogen (secondary N) is 1. The van der Waals surface area contributed by atoms with E-state index in [0.717, 1.165) is 38.6 Å². The van der Waals surface area contributed by atoms with Crippen LogP contribution in [-0.2, 0) is 4.74 Å². The Balaban J connectivity index is 1.80. The molecule has 1 atom stereocenters. The molecule has 1 unspecified atom stereocenters. The molecular weight excluding hydrogens is 222 g/mol. The van der Waals surface area contributed by atoms with Crippen LogP contribution < -0.4 is 5.32 Å². The van der Waals surface area contributed by atoms with Crippen LogP contribution in [0.25, 0.3) is 0 Å². The van der Waals surface area contributed by atoms with E-state index in [-0.39, 0.29) is 0 Å². The molecule has 0 radical (unpaired) electrons. The van der Waals surface area contributed by atoms with E-state index in [9.17, 15) is 0 Å². The Labute approximate surface area is 105 Å². The molecule has 96 valence electrons. The lowest BCUT2D eigenvalue weighted by molar-refractivity contribution is 0.0632. The van der Waals surface area contributed by atoms with Gasteiger partial charge in [-0.25, -0.2) is 0 Å². The van der Waals surface area contributed by atoms with Gasteiger partial charge in [-0.2, -0.15) is 0 Å². The lowest BCUT2D eigenvalue weighted by Gasteiger charge is -2.21. The SMILES string of the molecule is CC(Cl)CCNCCCCC1CCOCC1. The first kappa shape index (κ1) is 14.3. The summed E-state index contributed by atoms with van der Waals surface area (Å²) >= 11 is 5.87. The van der Waals surface area contributed by atoms with Crippen LogP contribution >= 0.6 is 11.6 Å². The predicted molar refractivity (Wildman–Crippen MR) is 70.2 cm³/mol. The lowest BCUT2D eigenvalue weighted by atomic mass is 9.94. The first-order valence-electron chi connectivity index (χ1n) is 6.71.